The fourth-order valence-electron chi connectivity index (χ4n) is 1.55. The number of hydrogen-bond donors (Lipinski definition) is 0. The highest BCUT2D eigenvalue weighted by atomic mass is 32.2. The number of benzene rings is 1. The minimum absolute atomic E-state index is 0.885. The standard InChI is InChI=1S/C11H14S/c1-8-5-10(9-3-4-9)7-11(6-8)12-2/h5-7,9H,3-4H2,1-2H3. The van der Waals surface area contributed by atoms with Crippen molar-refractivity contribution < 1.29 is 0 Å². The molecule has 1 aromatic carbocycles. The van der Waals surface area contributed by atoms with Gasteiger partial charge in [-0.15, -0.1) is 11.8 Å². The van der Waals surface area contributed by atoms with Gasteiger partial charge >= 0.3 is 0 Å². The molecule has 0 atom stereocenters. The van der Waals surface area contributed by atoms with Gasteiger partial charge in [0.05, 0.1) is 0 Å². The van der Waals surface area contributed by atoms with Crippen LogP contribution >= 0.6 is 11.8 Å². The third-order valence-corrected chi connectivity index (χ3v) is 3.06. The Morgan fingerprint density at radius 1 is 1.25 bits per heavy atom. The lowest BCUT2D eigenvalue weighted by atomic mass is 10.1. The molecule has 0 spiro atoms. The van der Waals surface area contributed by atoms with Gasteiger partial charge in [0.2, 0.25) is 0 Å². The Morgan fingerprint density at radius 3 is 2.58 bits per heavy atom. The van der Waals surface area contributed by atoms with Crippen molar-refractivity contribution >= 4 is 11.8 Å². The van der Waals surface area contributed by atoms with Crippen molar-refractivity contribution in [2.75, 3.05) is 6.26 Å². The fourth-order valence-corrected chi connectivity index (χ4v) is 2.10. The summed E-state index contributed by atoms with van der Waals surface area (Å²) in [6.07, 6.45) is 4.94. The van der Waals surface area contributed by atoms with Gasteiger partial charge in [0.25, 0.3) is 0 Å². The van der Waals surface area contributed by atoms with Gasteiger partial charge in [-0.3, -0.25) is 0 Å². The number of aryl methyl sites for hydroxylation is 1. The van der Waals surface area contributed by atoms with Crippen molar-refractivity contribution in [3.8, 4) is 0 Å². The SMILES string of the molecule is CSc1cc(C)cc(C2CC2)c1. The van der Waals surface area contributed by atoms with Crippen LogP contribution in [0, 0.1) is 6.92 Å². The van der Waals surface area contributed by atoms with Gasteiger partial charge in [-0.05, 0) is 55.2 Å². The predicted molar refractivity (Wildman–Crippen MR) is 54.9 cm³/mol. The van der Waals surface area contributed by atoms with Gasteiger partial charge in [-0.1, -0.05) is 6.07 Å². The monoisotopic (exact) mass is 178 g/mol. The van der Waals surface area contributed by atoms with Gasteiger partial charge in [-0.25, -0.2) is 0 Å². The molecule has 1 aliphatic rings. The molecule has 0 radical (unpaired) electrons. The van der Waals surface area contributed by atoms with Crippen LogP contribution in [0.25, 0.3) is 0 Å². The molecule has 0 amide bonds. The molecule has 0 aliphatic heterocycles. The van der Waals surface area contributed by atoms with Crippen molar-refractivity contribution in [2.24, 2.45) is 0 Å². The molecule has 12 heavy (non-hydrogen) atoms. The summed E-state index contributed by atoms with van der Waals surface area (Å²) in [4.78, 5) is 1.41. The first-order valence-corrected chi connectivity index (χ1v) is 5.67. The summed E-state index contributed by atoms with van der Waals surface area (Å²) in [5.74, 6) is 0.885. The fraction of sp³-hybridized carbons (Fsp3) is 0.455. The molecule has 1 fully saturated rings. The van der Waals surface area contributed by atoms with Gasteiger partial charge in [-0.2, -0.15) is 0 Å². The normalized spacial score (nSPS) is 16.5. The van der Waals surface area contributed by atoms with Crippen LogP contribution in [0.15, 0.2) is 23.1 Å². The Morgan fingerprint density at radius 2 is 2.00 bits per heavy atom. The van der Waals surface area contributed by atoms with Crippen molar-refractivity contribution in [1.82, 2.24) is 0 Å². The summed E-state index contributed by atoms with van der Waals surface area (Å²) in [6.45, 7) is 2.19. The lowest BCUT2D eigenvalue weighted by Crippen LogP contribution is -1.82. The molecule has 2 rings (SSSR count). The second kappa shape index (κ2) is 3.14. The van der Waals surface area contributed by atoms with Gasteiger partial charge in [0.15, 0.2) is 0 Å². The van der Waals surface area contributed by atoms with E-state index in [0.717, 1.165) is 5.92 Å². The van der Waals surface area contributed by atoms with E-state index in [-0.39, 0.29) is 0 Å². The molecular formula is C11H14S. The highest BCUT2D eigenvalue weighted by Gasteiger charge is 2.23. The summed E-state index contributed by atoms with van der Waals surface area (Å²) in [5, 5.41) is 0. The molecule has 0 N–H and O–H groups in total. The van der Waals surface area contributed by atoms with E-state index in [1.165, 1.54) is 23.3 Å². The third-order valence-electron chi connectivity index (χ3n) is 2.36. The number of rotatable bonds is 2. The van der Waals surface area contributed by atoms with Gasteiger partial charge in [0, 0.05) is 4.90 Å². The Kier molecular flexibility index (Phi) is 2.14. The van der Waals surface area contributed by atoms with Crippen LogP contribution in [0.3, 0.4) is 0 Å². The average molecular weight is 178 g/mol. The molecule has 1 aromatic rings. The lowest BCUT2D eigenvalue weighted by molar-refractivity contribution is 1.10. The zero-order valence-electron chi connectivity index (χ0n) is 7.63. The smallest absolute Gasteiger partial charge is 0.00746 e. The van der Waals surface area contributed by atoms with Crippen LogP contribution in [0.2, 0.25) is 0 Å². The molecule has 0 bridgehead atoms. The molecule has 1 aliphatic carbocycles. The minimum Gasteiger partial charge on any atom is -0.130 e. The maximum Gasteiger partial charge on any atom is 0.00746 e. The van der Waals surface area contributed by atoms with Crippen LogP contribution in [-0.4, -0.2) is 6.26 Å². The second-order valence-corrected chi connectivity index (χ2v) is 4.44. The summed E-state index contributed by atoms with van der Waals surface area (Å²) < 4.78 is 0. The first-order valence-electron chi connectivity index (χ1n) is 4.45. The van der Waals surface area contributed by atoms with Crippen LogP contribution in [-0.2, 0) is 0 Å². The molecule has 0 heterocycles. The lowest BCUT2D eigenvalue weighted by Gasteiger charge is -2.03. The number of thioether (sulfide) groups is 1. The highest BCUT2D eigenvalue weighted by Crippen LogP contribution is 2.41. The summed E-state index contributed by atoms with van der Waals surface area (Å²) >= 11 is 1.84. The largest absolute Gasteiger partial charge is 0.130 e. The minimum atomic E-state index is 0.885. The Hall–Kier alpha value is -0.430. The van der Waals surface area contributed by atoms with E-state index in [1.54, 1.807) is 5.56 Å². The van der Waals surface area contributed by atoms with Crippen LogP contribution in [0.5, 0.6) is 0 Å². The Labute approximate surface area is 78.4 Å². The van der Waals surface area contributed by atoms with Crippen molar-refractivity contribution in [3.63, 3.8) is 0 Å². The van der Waals surface area contributed by atoms with Crippen LogP contribution < -0.4 is 0 Å². The highest BCUT2D eigenvalue weighted by molar-refractivity contribution is 7.98. The van der Waals surface area contributed by atoms with Crippen LogP contribution in [0.1, 0.15) is 29.9 Å². The van der Waals surface area contributed by atoms with E-state index in [4.69, 9.17) is 0 Å². The van der Waals surface area contributed by atoms with Crippen LogP contribution in [0.4, 0.5) is 0 Å². The van der Waals surface area contributed by atoms with E-state index in [0.29, 0.717) is 0 Å². The van der Waals surface area contributed by atoms with Gasteiger partial charge in [0.1, 0.15) is 0 Å². The quantitative estimate of drug-likeness (QED) is 0.624. The van der Waals surface area contributed by atoms with E-state index >= 15 is 0 Å². The molecule has 0 saturated heterocycles. The molecule has 1 heteroatoms. The van der Waals surface area contributed by atoms with Crippen molar-refractivity contribution in [1.29, 1.82) is 0 Å². The Balaban J connectivity index is 2.34. The van der Waals surface area contributed by atoms with E-state index < -0.39 is 0 Å². The maximum absolute atomic E-state index is 2.34. The summed E-state index contributed by atoms with van der Waals surface area (Å²) in [5.41, 5.74) is 2.96. The molecule has 0 unspecified atom stereocenters. The van der Waals surface area contributed by atoms with E-state index in [2.05, 4.69) is 31.4 Å². The molecule has 64 valence electrons. The number of hydrogen-bond acceptors (Lipinski definition) is 1. The van der Waals surface area contributed by atoms with Crippen molar-refractivity contribution in [2.45, 2.75) is 30.6 Å². The second-order valence-electron chi connectivity index (χ2n) is 3.56. The zero-order valence-corrected chi connectivity index (χ0v) is 8.45. The topological polar surface area (TPSA) is 0 Å². The summed E-state index contributed by atoms with van der Waals surface area (Å²) in [6, 6.07) is 6.93. The average Bonchev–Trinajstić information content (AvgIpc) is 2.85. The zero-order chi connectivity index (χ0) is 8.55. The first-order chi connectivity index (χ1) is 5.79. The van der Waals surface area contributed by atoms with E-state index in [9.17, 15) is 0 Å². The third kappa shape index (κ3) is 1.66. The molecule has 0 aromatic heterocycles. The van der Waals surface area contributed by atoms with Crippen molar-refractivity contribution in [3.05, 3.63) is 29.3 Å². The van der Waals surface area contributed by atoms with Gasteiger partial charge < -0.3 is 0 Å². The molecule has 0 nitrogen and oxygen atoms in total. The summed E-state index contributed by atoms with van der Waals surface area (Å²) in [7, 11) is 0. The predicted octanol–water partition coefficient (Wildman–Crippen LogP) is 3.59. The molecule has 1 saturated carbocycles. The first kappa shape index (κ1) is 8.18. The van der Waals surface area contributed by atoms with E-state index in [1.807, 2.05) is 11.8 Å². The maximum atomic E-state index is 2.34. The molecular weight excluding hydrogens is 164 g/mol. The Bertz CT molecular complexity index is 287.